The summed E-state index contributed by atoms with van der Waals surface area (Å²) in [5, 5.41) is 3.56. The molecule has 0 aliphatic heterocycles. The van der Waals surface area contributed by atoms with Crippen LogP contribution in [0, 0.1) is 6.92 Å². The van der Waals surface area contributed by atoms with Crippen LogP contribution in [0.15, 0.2) is 108 Å². The molecular formula is C38H42ClN3O5S. The molecule has 0 aromatic heterocycles. The Bertz CT molecular complexity index is 1790. The van der Waals surface area contributed by atoms with E-state index < -0.39 is 28.5 Å². The molecule has 0 saturated heterocycles. The number of aryl methyl sites for hydroxylation is 1. The summed E-state index contributed by atoms with van der Waals surface area (Å²) in [6.07, 6.45) is 5.26. The highest BCUT2D eigenvalue weighted by atomic mass is 35.5. The van der Waals surface area contributed by atoms with Crippen LogP contribution >= 0.6 is 11.6 Å². The first-order valence-corrected chi connectivity index (χ1v) is 18.1. The van der Waals surface area contributed by atoms with Gasteiger partial charge in [-0.15, -0.1) is 0 Å². The maximum atomic E-state index is 14.7. The number of nitrogens with zero attached hydrogens (tertiary/aromatic N) is 2. The van der Waals surface area contributed by atoms with E-state index in [1.807, 2.05) is 61.5 Å². The van der Waals surface area contributed by atoms with Gasteiger partial charge in [-0.2, -0.15) is 0 Å². The second-order valence-corrected chi connectivity index (χ2v) is 14.5. The molecule has 1 saturated carbocycles. The van der Waals surface area contributed by atoms with Crippen LogP contribution in [0.2, 0.25) is 5.02 Å². The van der Waals surface area contributed by atoms with Crippen LogP contribution in [0.4, 0.5) is 5.69 Å². The van der Waals surface area contributed by atoms with Crippen molar-refractivity contribution in [2.45, 2.75) is 69.0 Å². The van der Waals surface area contributed by atoms with Crippen LogP contribution in [-0.2, 0) is 32.6 Å². The molecule has 1 aliphatic carbocycles. The third-order valence-corrected chi connectivity index (χ3v) is 10.7. The Morgan fingerprint density at radius 1 is 0.875 bits per heavy atom. The van der Waals surface area contributed by atoms with Gasteiger partial charge in [0.25, 0.3) is 10.0 Å². The van der Waals surface area contributed by atoms with E-state index in [-0.39, 0.29) is 35.5 Å². The topological polar surface area (TPSA) is 96.0 Å². The monoisotopic (exact) mass is 687 g/mol. The fourth-order valence-corrected chi connectivity index (χ4v) is 7.73. The SMILES string of the molecule is COc1ccc(S(=O)(=O)N(CC(=O)N(Cc2cccc(C)c2)C(Cc2ccccc2)C(=O)NC2CCCCC2)c2cccc(Cl)c2)cc1. The molecule has 48 heavy (non-hydrogen) atoms. The van der Waals surface area contributed by atoms with Gasteiger partial charge >= 0.3 is 0 Å². The van der Waals surface area contributed by atoms with Gasteiger partial charge in [-0.3, -0.25) is 13.9 Å². The molecule has 2 amide bonds. The van der Waals surface area contributed by atoms with Crippen molar-refractivity contribution in [2.75, 3.05) is 18.0 Å². The zero-order chi connectivity index (χ0) is 34.1. The molecule has 0 radical (unpaired) electrons. The first-order valence-electron chi connectivity index (χ1n) is 16.3. The van der Waals surface area contributed by atoms with Gasteiger partial charge in [0.1, 0.15) is 18.3 Å². The molecule has 0 heterocycles. The number of halogens is 1. The largest absolute Gasteiger partial charge is 0.497 e. The van der Waals surface area contributed by atoms with Crippen molar-refractivity contribution < 1.29 is 22.7 Å². The number of anilines is 1. The fraction of sp³-hybridized carbons (Fsp3) is 0.316. The molecule has 252 valence electrons. The Labute approximate surface area is 288 Å². The minimum Gasteiger partial charge on any atom is -0.497 e. The zero-order valence-corrected chi connectivity index (χ0v) is 28.9. The lowest BCUT2D eigenvalue weighted by Gasteiger charge is -2.35. The maximum absolute atomic E-state index is 14.7. The molecule has 4 aromatic carbocycles. The fourth-order valence-electron chi connectivity index (χ4n) is 6.14. The molecule has 1 unspecified atom stereocenters. The highest BCUT2D eigenvalue weighted by Gasteiger charge is 2.35. The number of nitrogens with one attached hydrogen (secondary N) is 1. The van der Waals surface area contributed by atoms with Gasteiger partial charge in [0, 0.05) is 24.0 Å². The first kappa shape index (κ1) is 35.0. The Kier molecular flexibility index (Phi) is 11.8. The number of benzene rings is 4. The third kappa shape index (κ3) is 8.96. The van der Waals surface area contributed by atoms with Crippen LogP contribution in [0.25, 0.3) is 0 Å². The Hall–Kier alpha value is -4.34. The van der Waals surface area contributed by atoms with Crippen molar-refractivity contribution in [1.29, 1.82) is 0 Å². The number of methoxy groups -OCH3 is 1. The number of ether oxygens (including phenoxy) is 1. The van der Waals surface area contributed by atoms with Gasteiger partial charge in [-0.1, -0.05) is 97.1 Å². The Balaban J connectivity index is 1.56. The van der Waals surface area contributed by atoms with E-state index in [1.165, 1.54) is 30.2 Å². The lowest BCUT2D eigenvalue weighted by atomic mass is 9.94. The summed E-state index contributed by atoms with van der Waals surface area (Å²) < 4.78 is 34.8. The van der Waals surface area contributed by atoms with Crippen molar-refractivity contribution in [3.8, 4) is 5.75 Å². The Morgan fingerprint density at radius 3 is 2.23 bits per heavy atom. The van der Waals surface area contributed by atoms with Crippen LogP contribution in [0.5, 0.6) is 5.75 Å². The summed E-state index contributed by atoms with van der Waals surface area (Å²) >= 11 is 6.33. The molecular weight excluding hydrogens is 646 g/mol. The number of hydrogen-bond donors (Lipinski definition) is 1. The van der Waals surface area contributed by atoms with Gasteiger partial charge in [-0.05, 0) is 73.4 Å². The average Bonchev–Trinajstić information content (AvgIpc) is 3.09. The van der Waals surface area contributed by atoms with Crippen LogP contribution in [0.1, 0.15) is 48.8 Å². The molecule has 1 aliphatic rings. The number of sulfonamides is 1. The average molecular weight is 688 g/mol. The highest BCUT2D eigenvalue weighted by molar-refractivity contribution is 7.92. The number of hydrogen-bond acceptors (Lipinski definition) is 5. The summed E-state index contributed by atoms with van der Waals surface area (Å²) in [5.74, 6) is -0.274. The molecule has 10 heteroatoms. The third-order valence-electron chi connectivity index (χ3n) is 8.68. The summed E-state index contributed by atoms with van der Waals surface area (Å²) in [4.78, 5) is 30.4. The number of carbonyl (C=O) groups excluding carboxylic acids is 2. The van der Waals surface area contributed by atoms with E-state index in [9.17, 15) is 18.0 Å². The van der Waals surface area contributed by atoms with Gasteiger partial charge in [0.05, 0.1) is 17.7 Å². The number of rotatable bonds is 13. The normalized spacial score (nSPS) is 14.1. The molecule has 8 nitrogen and oxygen atoms in total. The number of carbonyl (C=O) groups is 2. The van der Waals surface area contributed by atoms with Gasteiger partial charge in [0.2, 0.25) is 11.8 Å². The minimum absolute atomic E-state index is 0.0165. The first-order chi connectivity index (χ1) is 23.1. The van der Waals surface area contributed by atoms with Crippen molar-refractivity contribution >= 4 is 39.1 Å². The highest BCUT2D eigenvalue weighted by Crippen LogP contribution is 2.28. The standard InChI is InChI=1S/C38H42ClN3O5S/c1-28-11-9-14-30(23-28)26-41(36(24-29-12-5-3-6-13-29)38(44)40-32-16-7-4-8-17-32)37(43)27-42(33-18-10-15-31(39)25-33)48(45,46)35-21-19-34(47-2)20-22-35/h3,5-6,9-15,18-23,25,32,36H,4,7-8,16-17,24,26-27H2,1-2H3,(H,40,44). The van der Waals surface area contributed by atoms with Gasteiger partial charge in [0.15, 0.2) is 0 Å². The van der Waals surface area contributed by atoms with E-state index >= 15 is 0 Å². The predicted octanol–water partition coefficient (Wildman–Crippen LogP) is 6.94. The number of amides is 2. The van der Waals surface area contributed by atoms with E-state index in [0.717, 1.165) is 53.1 Å². The van der Waals surface area contributed by atoms with E-state index in [0.29, 0.717) is 10.8 Å². The van der Waals surface area contributed by atoms with Gasteiger partial charge in [-0.25, -0.2) is 8.42 Å². The molecule has 1 fully saturated rings. The van der Waals surface area contributed by atoms with Crippen molar-refractivity contribution in [2.24, 2.45) is 0 Å². The molecule has 0 bridgehead atoms. The smallest absolute Gasteiger partial charge is 0.264 e. The Morgan fingerprint density at radius 2 is 1.56 bits per heavy atom. The molecule has 5 rings (SSSR count). The van der Waals surface area contributed by atoms with Crippen molar-refractivity contribution in [1.82, 2.24) is 10.2 Å². The quantitative estimate of drug-likeness (QED) is 0.164. The van der Waals surface area contributed by atoms with Crippen LogP contribution < -0.4 is 14.4 Å². The lowest BCUT2D eigenvalue weighted by molar-refractivity contribution is -0.140. The van der Waals surface area contributed by atoms with E-state index in [4.69, 9.17) is 16.3 Å². The summed E-state index contributed by atoms with van der Waals surface area (Å²) in [7, 11) is -2.76. The zero-order valence-electron chi connectivity index (χ0n) is 27.3. The summed E-state index contributed by atoms with van der Waals surface area (Å²) in [6, 6.07) is 28.9. The second-order valence-electron chi connectivity index (χ2n) is 12.2. The summed E-state index contributed by atoms with van der Waals surface area (Å²) in [5.41, 5.74) is 2.96. The maximum Gasteiger partial charge on any atom is 0.264 e. The van der Waals surface area contributed by atoms with Crippen molar-refractivity contribution in [3.63, 3.8) is 0 Å². The molecule has 4 aromatic rings. The molecule has 1 atom stereocenters. The van der Waals surface area contributed by atoms with Gasteiger partial charge < -0.3 is 15.0 Å². The lowest BCUT2D eigenvalue weighted by Crippen LogP contribution is -2.55. The van der Waals surface area contributed by atoms with Crippen LogP contribution in [0.3, 0.4) is 0 Å². The van der Waals surface area contributed by atoms with Crippen LogP contribution in [-0.4, -0.2) is 50.9 Å². The van der Waals surface area contributed by atoms with E-state index in [2.05, 4.69) is 5.32 Å². The minimum atomic E-state index is -4.26. The second kappa shape index (κ2) is 16.2. The van der Waals surface area contributed by atoms with E-state index in [1.54, 1.807) is 30.3 Å². The molecule has 1 N–H and O–H groups in total. The summed E-state index contributed by atoms with van der Waals surface area (Å²) in [6.45, 7) is 1.53. The predicted molar refractivity (Wildman–Crippen MR) is 190 cm³/mol. The van der Waals surface area contributed by atoms with Crippen molar-refractivity contribution in [3.05, 3.63) is 125 Å². The molecule has 0 spiro atoms.